The molecule has 6 nitrogen and oxygen atoms in total. The molecule has 3 radical (unpaired) electrons. The largest absolute Gasteiger partial charge is 0.403 e. The molecule has 0 atom stereocenters. The summed E-state index contributed by atoms with van der Waals surface area (Å²) in [5.41, 5.74) is 10.9. The normalized spacial score (nSPS) is 14.6. The zero-order valence-corrected chi connectivity index (χ0v) is 82.5. The molecule has 0 bridgehead atoms. The molecule has 0 saturated carbocycles. The number of benzene rings is 12. The maximum Gasteiger partial charge on any atom is 0.403 e. The van der Waals surface area contributed by atoms with Gasteiger partial charge in [0.05, 0.1) is 0 Å². The average molecular weight is 2780 g/mol. The van der Waals surface area contributed by atoms with Crippen molar-refractivity contribution in [2.24, 2.45) is 0 Å². The van der Waals surface area contributed by atoms with E-state index in [4.69, 9.17) is 0 Å². The first-order chi connectivity index (χ1) is 58.8. The number of hydrogen-bond acceptors (Lipinski definition) is 6. The third-order valence-corrected chi connectivity index (χ3v) is 25.2. The predicted molar refractivity (Wildman–Crippen MR) is 461 cm³/mol. The fourth-order valence-corrected chi connectivity index (χ4v) is 19.5. The Morgan fingerprint density at radius 3 is 0.758 bits per heavy atom. The molecule has 22 heteroatoms. The van der Waals surface area contributed by atoms with E-state index >= 15 is 0 Å². The summed E-state index contributed by atoms with van der Waals surface area (Å²) < 4.78 is 143. The standard InChI is InChI=1S/C20H18N.C18H8F6N.2C18H14N.2C16H8F2N.3Ir.3Pt/c1-3-20(4-2)16-10-6-5-9-15(16)19-18-14(12-13-21-19)8-7-11-17(18)20;19-17(20,21)16(18(22,23)24)12-6-2-1-5-11(12)15-14-10(8-9-25-15)4-3-7-13(14)16;2*1-18(2)14-8-4-3-7-13(14)17-16-12(10-11-19-17)6-5-9-15(16)18;2*17-16(18)12-6-2-1-5-11(12)15-14-10(8-9-19-15)4-3-7-13(14)16;;;;;;/h5-8,10-13H,3-4H2,1-2H3;1-4,6-9H;2*3-6,8-11H,1-2H3;2*1-4,6-9H;;;;;;/q6*-1;;;;;;. The second kappa shape index (κ2) is 36.6. The van der Waals surface area contributed by atoms with Crippen molar-refractivity contribution in [1.29, 1.82) is 0 Å². The van der Waals surface area contributed by atoms with Gasteiger partial charge in [0.1, 0.15) is 0 Å². The minimum absolute atomic E-state index is 0. The second-order valence-electron chi connectivity index (χ2n) is 32.1. The number of nitrogens with zero attached hydrogens (tertiary/aromatic N) is 6. The van der Waals surface area contributed by atoms with Crippen molar-refractivity contribution in [1.82, 2.24) is 29.9 Å². The van der Waals surface area contributed by atoms with Crippen molar-refractivity contribution in [3.8, 4) is 67.5 Å². The Balaban J connectivity index is 0.000000130. The van der Waals surface area contributed by atoms with Gasteiger partial charge in [-0.15, -0.1) is 196 Å². The van der Waals surface area contributed by atoms with Gasteiger partial charge in [0, 0.05) is 172 Å². The first-order valence-electron chi connectivity index (χ1n) is 40.1. The number of pyridine rings is 6. The van der Waals surface area contributed by atoms with E-state index in [9.17, 15) is 43.9 Å². The quantitative estimate of drug-likeness (QED) is 0.127. The number of aromatic nitrogens is 6. The Kier molecular flexibility index (Phi) is 27.5. The van der Waals surface area contributed by atoms with Crippen LogP contribution < -0.4 is 0 Å². The molecule has 0 spiro atoms. The number of hydrogen-bond donors (Lipinski definition) is 0. The summed E-state index contributed by atoms with van der Waals surface area (Å²) in [7, 11) is 0. The van der Waals surface area contributed by atoms with Crippen LogP contribution in [0.1, 0.15) is 121 Å². The van der Waals surface area contributed by atoms with E-state index in [0.29, 0.717) is 33.3 Å². The van der Waals surface area contributed by atoms with Crippen LogP contribution in [0.4, 0.5) is 43.9 Å². The van der Waals surface area contributed by atoms with Crippen molar-refractivity contribution >= 4 is 64.6 Å². The van der Waals surface area contributed by atoms with Crippen LogP contribution in [0.5, 0.6) is 0 Å². The van der Waals surface area contributed by atoms with Crippen molar-refractivity contribution in [2.75, 3.05) is 0 Å². The number of rotatable bonds is 2. The molecule has 0 N–H and O–H groups in total. The Morgan fingerprint density at radius 2 is 0.461 bits per heavy atom. The van der Waals surface area contributed by atoms with E-state index in [1.807, 2.05) is 48.9 Å². The molecule has 6 aliphatic rings. The fourth-order valence-electron chi connectivity index (χ4n) is 19.5. The minimum atomic E-state index is -5.59. The van der Waals surface area contributed by atoms with Crippen molar-refractivity contribution in [2.45, 2.75) is 100 Å². The van der Waals surface area contributed by atoms with Crippen LogP contribution in [0, 0.1) is 36.4 Å². The Morgan fingerprint density at radius 1 is 0.250 bits per heavy atom. The maximum atomic E-state index is 14.6. The van der Waals surface area contributed by atoms with Gasteiger partial charge in [-0.05, 0) is 174 Å². The second-order valence-corrected chi connectivity index (χ2v) is 32.1. The Labute approximate surface area is 817 Å². The topological polar surface area (TPSA) is 77.3 Å². The summed E-state index contributed by atoms with van der Waals surface area (Å²) in [6.07, 6.45) is 1.38. The van der Waals surface area contributed by atoms with Gasteiger partial charge in [0.25, 0.3) is 11.8 Å². The van der Waals surface area contributed by atoms with Crippen LogP contribution in [0.15, 0.2) is 292 Å². The van der Waals surface area contributed by atoms with Gasteiger partial charge >= 0.3 is 12.4 Å². The van der Waals surface area contributed by atoms with E-state index in [2.05, 4.69) is 217 Å². The molecule has 0 fully saturated rings. The summed E-state index contributed by atoms with van der Waals surface area (Å²) in [6, 6.07) is 94.4. The molecule has 128 heavy (non-hydrogen) atoms. The van der Waals surface area contributed by atoms with E-state index in [1.54, 1.807) is 60.9 Å². The van der Waals surface area contributed by atoms with E-state index < -0.39 is 40.7 Å². The van der Waals surface area contributed by atoms with Gasteiger partial charge < -0.3 is 29.9 Å². The molecular formula is C106H70F10Ir3N6Pt3-6. The molecule has 6 aliphatic carbocycles. The maximum absolute atomic E-state index is 14.6. The smallest absolute Gasteiger partial charge is 0.304 e. The SMILES string of the molecule is CC1(C)c2ccc[c-]c2-c2nccc3cccc1c23.CC1(C)c2ccc[c-]c2-c2nccc3cccc1c23.CCC1(CC)c2ccc[c-]c2-c2nccc3cccc1c23.FC(F)(F)C1(C(F)(F)F)c2ccc[c-]c2-c2nccc3cccc1c23.FC1(F)c2ccc[c-]c2-c2nccc3cccc1c23.FC1(F)c2ccc[c-]c2-c2nccc3cccc1c23.[Ir].[Ir].[Ir].[Pt].[Pt].[Pt]. The third-order valence-electron chi connectivity index (χ3n) is 25.2. The van der Waals surface area contributed by atoms with E-state index in [-0.39, 0.29) is 184 Å². The summed E-state index contributed by atoms with van der Waals surface area (Å²) in [5, 5.41) is 10.4. The summed E-state index contributed by atoms with van der Waals surface area (Å²) in [6.45, 7) is 13.7. The zero-order valence-electron chi connectivity index (χ0n) is 68.5. The fraction of sp³-hybridized carbons (Fsp3) is 0.151. The van der Waals surface area contributed by atoms with Crippen LogP contribution in [0.3, 0.4) is 0 Å². The van der Waals surface area contributed by atoms with Crippen molar-refractivity contribution < 1.29 is 167 Å². The van der Waals surface area contributed by atoms with Gasteiger partial charge in [-0.3, -0.25) is 0 Å². The molecule has 0 saturated heterocycles. The number of alkyl halides is 10. The number of fused-ring (bicyclic) bond motifs is 12. The third kappa shape index (κ3) is 15.1. The molecule has 12 aromatic carbocycles. The van der Waals surface area contributed by atoms with Crippen molar-refractivity contribution in [3.63, 3.8) is 0 Å². The van der Waals surface area contributed by atoms with E-state index in [0.717, 1.165) is 70.0 Å². The predicted octanol–water partition coefficient (Wildman–Crippen LogP) is 27.5. The van der Waals surface area contributed by atoms with Crippen LogP contribution >= 0.6 is 0 Å². The van der Waals surface area contributed by atoms with Crippen LogP contribution in [-0.4, -0.2) is 42.3 Å². The molecule has 657 valence electrons. The Bertz CT molecular complexity index is 6710. The minimum Gasteiger partial charge on any atom is -0.304 e. The molecule has 6 aromatic heterocycles. The molecule has 0 amide bonds. The van der Waals surface area contributed by atoms with E-state index in [1.165, 1.54) is 126 Å². The van der Waals surface area contributed by atoms with Crippen LogP contribution in [0.2, 0.25) is 0 Å². The number of halogens is 10. The monoisotopic (exact) mass is 2780 g/mol. The molecular weight excluding hydrogens is 2710 g/mol. The van der Waals surface area contributed by atoms with Crippen LogP contribution in [-0.2, 0) is 157 Å². The first-order valence-corrected chi connectivity index (χ1v) is 40.1. The molecule has 18 aromatic rings. The summed E-state index contributed by atoms with van der Waals surface area (Å²) in [4.78, 5) is 26.5. The van der Waals surface area contributed by atoms with Crippen LogP contribution in [0.25, 0.3) is 132 Å². The average Bonchev–Trinajstić information content (AvgIpc) is 0.677. The molecule has 6 heterocycles. The molecule has 0 aliphatic heterocycles. The van der Waals surface area contributed by atoms with Gasteiger partial charge in [-0.25, -0.2) is 17.6 Å². The zero-order chi connectivity index (χ0) is 84.6. The Hall–Kier alpha value is -9.59. The summed E-state index contributed by atoms with van der Waals surface area (Å²) in [5.74, 6) is -5.99. The van der Waals surface area contributed by atoms with Crippen molar-refractivity contribution in [3.05, 3.63) is 395 Å². The van der Waals surface area contributed by atoms with Gasteiger partial charge in [-0.1, -0.05) is 180 Å². The molecule has 24 rings (SSSR count). The van der Waals surface area contributed by atoms with Gasteiger partial charge in [0.15, 0.2) is 5.41 Å². The molecule has 0 unspecified atom stereocenters. The van der Waals surface area contributed by atoms with Gasteiger partial charge in [0.2, 0.25) is 0 Å². The first kappa shape index (κ1) is 96.0. The van der Waals surface area contributed by atoms with Gasteiger partial charge in [-0.2, -0.15) is 26.3 Å². The summed E-state index contributed by atoms with van der Waals surface area (Å²) >= 11 is 0.